The highest BCUT2D eigenvalue weighted by molar-refractivity contribution is 7.19. The molecule has 0 saturated carbocycles. The first kappa shape index (κ1) is 22.0. The number of nitrogens with one attached hydrogen (secondary N) is 1. The Kier molecular flexibility index (Phi) is 5.97. The highest BCUT2D eigenvalue weighted by Gasteiger charge is 2.25. The van der Waals surface area contributed by atoms with Crippen LogP contribution >= 0.6 is 11.3 Å². The maximum atomic E-state index is 5.54. The minimum atomic E-state index is 0.138. The number of ether oxygens (including phenoxy) is 1. The molecule has 6 heteroatoms. The van der Waals surface area contributed by atoms with Crippen molar-refractivity contribution in [2.24, 2.45) is 5.92 Å². The summed E-state index contributed by atoms with van der Waals surface area (Å²) in [5.74, 6) is 2.65. The van der Waals surface area contributed by atoms with Crippen molar-refractivity contribution in [3.63, 3.8) is 0 Å². The standard InChI is InChI=1S/C28H32N4OS/c1-18-10-11-23-24(16-18)34-28-26(23)27(30-25(31-28)17-32-12-14-33-15-13-32)29-19(2)21-9-5-7-20-6-3-4-8-22(20)21/h3-9,18-19H,10-17H2,1-2H3,(H,29,30,31)/t18-,19+/m0/s1. The Morgan fingerprint density at radius 1 is 1.12 bits per heavy atom. The Labute approximate surface area is 205 Å². The quantitative estimate of drug-likeness (QED) is 0.388. The Morgan fingerprint density at radius 3 is 2.82 bits per heavy atom. The number of aryl methyl sites for hydroxylation is 1. The molecular weight excluding hydrogens is 440 g/mol. The van der Waals surface area contributed by atoms with Gasteiger partial charge in [-0.1, -0.05) is 49.4 Å². The van der Waals surface area contributed by atoms with Gasteiger partial charge in [-0.15, -0.1) is 11.3 Å². The van der Waals surface area contributed by atoms with Gasteiger partial charge in [0.05, 0.1) is 31.2 Å². The molecule has 2 atom stereocenters. The topological polar surface area (TPSA) is 50.3 Å². The van der Waals surface area contributed by atoms with Crippen LogP contribution in [0.5, 0.6) is 0 Å². The highest BCUT2D eigenvalue weighted by atomic mass is 32.1. The van der Waals surface area contributed by atoms with E-state index in [1.807, 2.05) is 11.3 Å². The van der Waals surface area contributed by atoms with Crippen molar-refractivity contribution < 1.29 is 4.74 Å². The van der Waals surface area contributed by atoms with Crippen LogP contribution in [-0.4, -0.2) is 41.2 Å². The average molecular weight is 473 g/mol. The van der Waals surface area contributed by atoms with Crippen LogP contribution in [0, 0.1) is 5.92 Å². The monoisotopic (exact) mass is 472 g/mol. The van der Waals surface area contributed by atoms with E-state index < -0.39 is 0 Å². The molecule has 0 unspecified atom stereocenters. The number of nitrogens with zero attached hydrogens (tertiary/aromatic N) is 3. The molecule has 34 heavy (non-hydrogen) atoms. The number of anilines is 1. The smallest absolute Gasteiger partial charge is 0.146 e. The third kappa shape index (κ3) is 4.19. The van der Waals surface area contributed by atoms with E-state index in [4.69, 9.17) is 14.7 Å². The Balaban J connectivity index is 1.41. The number of morpholine rings is 1. The van der Waals surface area contributed by atoms with E-state index in [0.29, 0.717) is 0 Å². The highest BCUT2D eigenvalue weighted by Crippen LogP contribution is 2.41. The zero-order chi connectivity index (χ0) is 23.1. The predicted molar refractivity (Wildman–Crippen MR) is 141 cm³/mol. The molecule has 3 heterocycles. The summed E-state index contributed by atoms with van der Waals surface area (Å²) in [6, 6.07) is 15.3. The third-order valence-corrected chi connectivity index (χ3v) is 8.46. The molecule has 0 bridgehead atoms. The normalized spacial score (nSPS) is 19.9. The van der Waals surface area contributed by atoms with Crippen LogP contribution in [0.3, 0.4) is 0 Å². The van der Waals surface area contributed by atoms with E-state index in [0.717, 1.165) is 68.1 Å². The maximum Gasteiger partial charge on any atom is 0.146 e. The number of rotatable bonds is 5. The summed E-state index contributed by atoms with van der Waals surface area (Å²) in [6.45, 7) is 8.84. The van der Waals surface area contributed by atoms with E-state index in [1.165, 1.54) is 38.6 Å². The summed E-state index contributed by atoms with van der Waals surface area (Å²) in [5.41, 5.74) is 2.78. The van der Waals surface area contributed by atoms with Crippen molar-refractivity contribution in [1.82, 2.24) is 14.9 Å². The molecule has 1 aliphatic heterocycles. The molecule has 1 aliphatic carbocycles. The Morgan fingerprint density at radius 2 is 1.94 bits per heavy atom. The van der Waals surface area contributed by atoms with Gasteiger partial charge >= 0.3 is 0 Å². The molecule has 2 aliphatic rings. The predicted octanol–water partition coefficient (Wildman–Crippen LogP) is 5.97. The summed E-state index contributed by atoms with van der Waals surface area (Å²) in [7, 11) is 0. The second-order valence-electron chi connectivity index (χ2n) is 9.84. The third-order valence-electron chi connectivity index (χ3n) is 7.31. The molecule has 2 aromatic heterocycles. The van der Waals surface area contributed by atoms with Gasteiger partial charge in [-0.3, -0.25) is 4.90 Å². The van der Waals surface area contributed by atoms with Crippen molar-refractivity contribution in [2.45, 2.75) is 45.7 Å². The molecule has 1 fully saturated rings. The summed E-state index contributed by atoms with van der Waals surface area (Å²) >= 11 is 1.88. The Hall–Kier alpha value is -2.54. The van der Waals surface area contributed by atoms with Crippen LogP contribution in [0.1, 0.15) is 48.1 Å². The van der Waals surface area contributed by atoms with Crippen molar-refractivity contribution in [3.05, 3.63) is 64.3 Å². The largest absolute Gasteiger partial charge is 0.379 e. The van der Waals surface area contributed by atoms with Gasteiger partial charge in [0.25, 0.3) is 0 Å². The fraction of sp³-hybridized carbons (Fsp3) is 0.429. The number of fused-ring (bicyclic) bond motifs is 4. The van der Waals surface area contributed by atoms with E-state index in [1.54, 1.807) is 0 Å². The zero-order valence-electron chi connectivity index (χ0n) is 20.0. The van der Waals surface area contributed by atoms with Crippen LogP contribution in [0.4, 0.5) is 5.82 Å². The molecule has 1 N–H and O–H groups in total. The lowest BCUT2D eigenvalue weighted by Gasteiger charge is -2.26. The minimum Gasteiger partial charge on any atom is -0.379 e. The molecule has 0 amide bonds. The number of hydrogen-bond donors (Lipinski definition) is 1. The molecule has 4 aromatic rings. The lowest BCUT2D eigenvalue weighted by molar-refractivity contribution is 0.0331. The number of benzene rings is 2. The van der Waals surface area contributed by atoms with Gasteiger partial charge in [0, 0.05) is 18.0 Å². The molecular formula is C28H32N4OS. The van der Waals surface area contributed by atoms with Gasteiger partial charge in [0.1, 0.15) is 16.5 Å². The van der Waals surface area contributed by atoms with Crippen molar-refractivity contribution in [3.8, 4) is 0 Å². The molecule has 1 saturated heterocycles. The summed E-state index contributed by atoms with van der Waals surface area (Å²) in [4.78, 5) is 15.3. The number of thiophene rings is 1. The molecule has 6 rings (SSSR count). The van der Waals surface area contributed by atoms with Gasteiger partial charge in [-0.25, -0.2) is 9.97 Å². The van der Waals surface area contributed by atoms with Gasteiger partial charge < -0.3 is 10.1 Å². The first-order valence-corrected chi connectivity index (χ1v) is 13.3. The van der Waals surface area contributed by atoms with Crippen LogP contribution in [0.15, 0.2) is 42.5 Å². The molecule has 0 spiro atoms. The van der Waals surface area contributed by atoms with Crippen molar-refractivity contribution >= 4 is 38.1 Å². The Bertz CT molecular complexity index is 1320. The van der Waals surface area contributed by atoms with Crippen molar-refractivity contribution in [1.29, 1.82) is 0 Å². The van der Waals surface area contributed by atoms with E-state index >= 15 is 0 Å². The minimum absolute atomic E-state index is 0.138. The molecule has 176 valence electrons. The van der Waals surface area contributed by atoms with Crippen LogP contribution in [0.25, 0.3) is 21.0 Å². The summed E-state index contributed by atoms with van der Waals surface area (Å²) in [5, 5.41) is 7.66. The van der Waals surface area contributed by atoms with E-state index in [9.17, 15) is 0 Å². The van der Waals surface area contributed by atoms with Gasteiger partial charge in [0.15, 0.2) is 0 Å². The lowest BCUT2D eigenvalue weighted by atomic mass is 9.89. The summed E-state index contributed by atoms with van der Waals surface area (Å²) in [6.07, 6.45) is 3.53. The van der Waals surface area contributed by atoms with E-state index in [-0.39, 0.29) is 6.04 Å². The number of hydrogen-bond acceptors (Lipinski definition) is 6. The van der Waals surface area contributed by atoms with Gasteiger partial charge in [-0.05, 0) is 54.0 Å². The second kappa shape index (κ2) is 9.25. The number of aromatic nitrogens is 2. The van der Waals surface area contributed by atoms with Crippen LogP contribution in [0.2, 0.25) is 0 Å². The van der Waals surface area contributed by atoms with Gasteiger partial charge in [-0.2, -0.15) is 0 Å². The molecule has 5 nitrogen and oxygen atoms in total. The second-order valence-corrected chi connectivity index (χ2v) is 10.9. The average Bonchev–Trinajstić information content (AvgIpc) is 3.21. The van der Waals surface area contributed by atoms with E-state index in [2.05, 4.69) is 66.5 Å². The van der Waals surface area contributed by atoms with Crippen LogP contribution < -0.4 is 5.32 Å². The SMILES string of the molecule is C[C@H]1CCc2c(sc3nc(CN4CCOCC4)nc(N[C@H](C)c4cccc5ccccc45)c23)C1. The summed E-state index contributed by atoms with van der Waals surface area (Å²) < 4.78 is 5.54. The molecule has 0 radical (unpaired) electrons. The van der Waals surface area contributed by atoms with Crippen molar-refractivity contribution in [2.75, 3.05) is 31.6 Å². The maximum absolute atomic E-state index is 5.54. The molecule has 2 aromatic carbocycles. The first-order valence-electron chi connectivity index (χ1n) is 12.5. The fourth-order valence-corrected chi connectivity index (χ4v) is 6.83. The fourth-order valence-electron chi connectivity index (χ4n) is 5.43. The first-order chi connectivity index (χ1) is 16.7. The lowest BCUT2D eigenvalue weighted by Crippen LogP contribution is -2.36. The van der Waals surface area contributed by atoms with Crippen LogP contribution in [-0.2, 0) is 24.1 Å². The van der Waals surface area contributed by atoms with Gasteiger partial charge in [0.2, 0.25) is 0 Å². The zero-order valence-corrected chi connectivity index (χ0v) is 20.8.